The van der Waals surface area contributed by atoms with E-state index >= 15 is 0 Å². The van der Waals surface area contributed by atoms with Gasteiger partial charge in [0.05, 0.1) is 13.7 Å². The average Bonchev–Trinajstić information content (AvgIpc) is 2.64. The zero-order valence-electron chi connectivity index (χ0n) is 7.07. The lowest BCUT2D eigenvalue weighted by atomic mass is 10.3. The first-order valence-electron chi connectivity index (χ1n) is 3.60. The van der Waals surface area contributed by atoms with Crippen LogP contribution < -0.4 is 5.73 Å². The summed E-state index contributed by atoms with van der Waals surface area (Å²) in [5.41, 5.74) is 5.10. The van der Waals surface area contributed by atoms with Gasteiger partial charge in [0.2, 0.25) is 11.5 Å². The minimum absolute atomic E-state index is 0.000648. The van der Waals surface area contributed by atoms with Gasteiger partial charge in [-0.1, -0.05) is 0 Å². The van der Waals surface area contributed by atoms with E-state index in [4.69, 9.17) is 10.2 Å². The topological polar surface area (TPSA) is 82.5 Å². The first-order valence-corrected chi connectivity index (χ1v) is 3.60. The normalized spacial score (nSPS) is 9.69. The van der Waals surface area contributed by atoms with Crippen molar-refractivity contribution < 1.29 is 18.7 Å². The molecule has 2 N–H and O–H groups in total. The molecule has 70 valence electrons. The van der Waals surface area contributed by atoms with Crippen molar-refractivity contribution in [2.75, 3.05) is 13.7 Å². The van der Waals surface area contributed by atoms with E-state index in [9.17, 15) is 9.59 Å². The van der Waals surface area contributed by atoms with Crippen LogP contribution in [0.2, 0.25) is 0 Å². The van der Waals surface area contributed by atoms with Crippen molar-refractivity contribution in [1.82, 2.24) is 0 Å². The number of carbonyl (C=O) groups is 2. The second-order valence-corrected chi connectivity index (χ2v) is 2.28. The predicted molar refractivity (Wildman–Crippen MR) is 43.4 cm³/mol. The van der Waals surface area contributed by atoms with Gasteiger partial charge in [-0.2, -0.15) is 0 Å². The summed E-state index contributed by atoms with van der Waals surface area (Å²) in [6.07, 6.45) is 0. The van der Waals surface area contributed by atoms with E-state index in [0.717, 1.165) is 0 Å². The van der Waals surface area contributed by atoms with Gasteiger partial charge in [0.15, 0.2) is 5.76 Å². The molecule has 0 aliphatic carbocycles. The fourth-order valence-electron chi connectivity index (χ4n) is 0.799. The van der Waals surface area contributed by atoms with E-state index < -0.39 is 5.97 Å². The Morgan fingerprint density at radius 1 is 1.46 bits per heavy atom. The third-order valence-corrected chi connectivity index (χ3v) is 1.45. The summed E-state index contributed by atoms with van der Waals surface area (Å²) in [6.45, 7) is -0.145. The molecule has 0 amide bonds. The van der Waals surface area contributed by atoms with E-state index in [2.05, 4.69) is 4.74 Å². The molecule has 0 aliphatic heterocycles. The van der Waals surface area contributed by atoms with Crippen molar-refractivity contribution in [3.8, 4) is 0 Å². The number of Topliss-reactive ketones (excluding diaryl/α,β-unsaturated/α-hetero) is 1. The van der Waals surface area contributed by atoms with Crippen LogP contribution in [0, 0.1) is 0 Å². The summed E-state index contributed by atoms with van der Waals surface area (Å²) in [4.78, 5) is 21.8. The lowest BCUT2D eigenvalue weighted by Gasteiger charge is -1.93. The molecule has 0 atom stereocenters. The van der Waals surface area contributed by atoms with Crippen LogP contribution in [0.3, 0.4) is 0 Å². The highest BCUT2D eigenvalue weighted by Gasteiger charge is 2.14. The summed E-state index contributed by atoms with van der Waals surface area (Å²) >= 11 is 0. The second kappa shape index (κ2) is 3.86. The molecule has 0 spiro atoms. The number of furan rings is 1. The molecular weight excluding hydrogens is 174 g/mol. The van der Waals surface area contributed by atoms with Gasteiger partial charge in [0.1, 0.15) is 0 Å². The monoisotopic (exact) mass is 183 g/mol. The van der Waals surface area contributed by atoms with Crippen LogP contribution >= 0.6 is 0 Å². The fourth-order valence-corrected chi connectivity index (χ4v) is 0.799. The maximum atomic E-state index is 11.0. The molecular formula is C8H9NO4. The second-order valence-electron chi connectivity index (χ2n) is 2.28. The molecule has 0 aliphatic rings. The smallest absolute Gasteiger partial charge is 0.373 e. The lowest BCUT2D eigenvalue weighted by Crippen LogP contribution is -2.12. The van der Waals surface area contributed by atoms with Crippen LogP contribution in [0.25, 0.3) is 0 Å². The van der Waals surface area contributed by atoms with Crippen molar-refractivity contribution >= 4 is 11.8 Å². The lowest BCUT2D eigenvalue weighted by molar-refractivity contribution is 0.0563. The number of ketones is 1. The van der Waals surface area contributed by atoms with Crippen LogP contribution in [0.4, 0.5) is 0 Å². The van der Waals surface area contributed by atoms with Gasteiger partial charge in [0, 0.05) is 0 Å². The number of hydrogen-bond acceptors (Lipinski definition) is 5. The third-order valence-electron chi connectivity index (χ3n) is 1.45. The summed E-state index contributed by atoms with van der Waals surface area (Å²) < 4.78 is 9.27. The van der Waals surface area contributed by atoms with Crippen molar-refractivity contribution in [2.24, 2.45) is 5.73 Å². The summed E-state index contributed by atoms with van der Waals surface area (Å²) in [5, 5.41) is 0. The van der Waals surface area contributed by atoms with Crippen LogP contribution in [-0.2, 0) is 4.74 Å². The van der Waals surface area contributed by atoms with E-state index in [-0.39, 0.29) is 23.8 Å². The Hall–Kier alpha value is -1.62. The van der Waals surface area contributed by atoms with Crippen molar-refractivity contribution in [1.29, 1.82) is 0 Å². The minimum Gasteiger partial charge on any atom is -0.463 e. The molecule has 0 saturated carbocycles. The van der Waals surface area contributed by atoms with Crippen molar-refractivity contribution in [3.63, 3.8) is 0 Å². The Morgan fingerprint density at radius 2 is 2.08 bits per heavy atom. The quantitative estimate of drug-likeness (QED) is 0.535. The first kappa shape index (κ1) is 9.47. The molecule has 1 rings (SSSR count). The van der Waals surface area contributed by atoms with E-state index in [1.54, 1.807) is 0 Å². The molecule has 0 unspecified atom stereocenters. The molecule has 0 bridgehead atoms. The Morgan fingerprint density at radius 3 is 2.62 bits per heavy atom. The fraction of sp³-hybridized carbons (Fsp3) is 0.250. The number of rotatable bonds is 3. The third kappa shape index (κ3) is 1.94. The number of methoxy groups -OCH3 is 1. The van der Waals surface area contributed by atoms with Crippen molar-refractivity contribution in [3.05, 3.63) is 23.7 Å². The minimum atomic E-state index is -0.615. The van der Waals surface area contributed by atoms with E-state index in [0.29, 0.717) is 0 Å². The number of nitrogens with two attached hydrogens (primary N) is 1. The highest BCUT2D eigenvalue weighted by atomic mass is 16.5. The highest BCUT2D eigenvalue weighted by Crippen LogP contribution is 2.08. The van der Waals surface area contributed by atoms with Crippen LogP contribution in [0.5, 0.6) is 0 Å². The largest absolute Gasteiger partial charge is 0.463 e. The Kier molecular flexibility index (Phi) is 2.81. The Balaban J connectivity index is 2.86. The predicted octanol–water partition coefficient (Wildman–Crippen LogP) is 0.208. The molecule has 1 aromatic rings. The molecule has 0 aromatic carbocycles. The zero-order valence-corrected chi connectivity index (χ0v) is 7.07. The molecule has 1 aromatic heterocycles. The van der Waals surface area contributed by atoms with Gasteiger partial charge in [-0.25, -0.2) is 4.79 Å². The van der Waals surface area contributed by atoms with Gasteiger partial charge >= 0.3 is 5.97 Å². The van der Waals surface area contributed by atoms with Gasteiger partial charge < -0.3 is 14.9 Å². The number of esters is 1. The highest BCUT2D eigenvalue weighted by molar-refractivity contribution is 5.96. The number of carbonyl (C=O) groups excluding carboxylic acids is 2. The van der Waals surface area contributed by atoms with Crippen LogP contribution in [-0.4, -0.2) is 25.4 Å². The molecule has 0 radical (unpaired) electrons. The van der Waals surface area contributed by atoms with Gasteiger partial charge in [-0.3, -0.25) is 4.79 Å². The summed E-state index contributed by atoms with van der Waals surface area (Å²) in [5.74, 6) is -0.895. The zero-order chi connectivity index (χ0) is 9.84. The van der Waals surface area contributed by atoms with Gasteiger partial charge in [-0.05, 0) is 12.1 Å². The van der Waals surface area contributed by atoms with E-state index in [1.807, 2.05) is 0 Å². The average molecular weight is 183 g/mol. The molecule has 5 nitrogen and oxygen atoms in total. The Labute approximate surface area is 74.5 Å². The van der Waals surface area contributed by atoms with Gasteiger partial charge in [0.25, 0.3) is 0 Å². The molecule has 13 heavy (non-hydrogen) atoms. The molecule has 5 heteroatoms. The molecule has 1 heterocycles. The molecule has 0 saturated heterocycles. The summed E-state index contributed by atoms with van der Waals surface area (Å²) in [7, 11) is 1.23. The first-order chi connectivity index (χ1) is 6.19. The number of hydrogen-bond donors (Lipinski definition) is 1. The van der Waals surface area contributed by atoms with Crippen molar-refractivity contribution in [2.45, 2.75) is 0 Å². The van der Waals surface area contributed by atoms with Gasteiger partial charge in [-0.15, -0.1) is 0 Å². The summed E-state index contributed by atoms with van der Waals surface area (Å²) in [6, 6.07) is 2.76. The maximum Gasteiger partial charge on any atom is 0.373 e. The van der Waals surface area contributed by atoms with E-state index in [1.165, 1.54) is 19.2 Å². The van der Waals surface area contributed by atoms with Crippen LogP contribution in [0.15, 0.2) is 16.5 Å². The Bertz CT molecular complexity index is 298. The SMILES string of the molecule is COC(=O)c1ccc(C(=O)CN)o1. The standard InChI is InChI=1S/C8H9NO4/c1-12-8(11)7-3-2-6(13-7)5(10)4-9/h2-3H,4,9H2,1H3. The maximum absolute atomic E-state index is 11.0. The van der Waals surface area contributed by atoms with Crippen LogP contribution in [0.1, 0.15) is 21.1 Å². The molecule has 0 fully saturated rings. The number of ether oxygens (including phenoxy) is 1.